The molecule has 0 aliphatic carbocycles. The third kappa shape index (κ3) is 2.65. The molecule has 94 valence electrons. The highest BCUT2D eigenvalue weighted by Gasteiger charge is 2.30. The normalized spacial score (nSPS) is 23.6. The van der Waals surface area contributed by atoms with Gasteiger partial charge in [0.15, 0.2) is 0 Å². The zero-order valence-electron chi connectivity index (χ0n) is 10.8. The highest BCUT2D eigenvalue weighted by Crippen LogP contribution is 2.32. The van der Waals surface area contributed by atoms with Gasteiger partial charge in [-0.15, -0.1) is 0 Å². The summed E-state index contributed by atoms with van der Waals surface area (Å²) >= 11 is 0. The Labute approximate surface area is 102 Å². The van der Waals surface area contributed by atoms with Gasteiger partial charge in [-0.25, -0.2) is 9.62 Å². The van der Waals surface area contributed by atoms with Crippen LogP contribution in [0.3, 0.4) is 0 Å². The molecular formula is C12H20N4O. The summed E-state index contributed by atoms with van der Waals surface area (Å²) in [6, 6.07) is 0. The third-order valence-corrected chi connectivity index (χ3v) is 3.09. The standard InChI is InChI=1S/C12H20N4O/c1-4-6-9-8-12(3,7-5-2)14-11-10(13-9)15-17-16-11/h4-8H2,1-3H3,(H,14,16). The molecule has 0 fully saturated rings. The van der Waals surface area contributed by atoms with Crippen LogP contribution in [0.5, 0.6) is 0 Å². The maximum absolute atomic E-state index is 4.75. The van der Waals surface area contributed by atoms with Crippen LogP contribution in [-0.2, 0) is 0 Å². The minimum atomic E-state index is 0.00650. The van der Waals surface area contributed by atoms with E-state index in [1.165, 1.54) is 5.71 Å². The van der Waals surface area contributed by atoms with E-state index in [2.05, 4.69) is 41.4 Å². The second-order valence-electron chi connectivity index (χ2n) is 4.98. The van der Waals surface area contributed by atoms with Crippen LogP contribution in [0.2, 0.25) is 0 Å². The van der Waals surface area contributed by atoms with Crippen molar-refractivity contribution in [2.45, 2.75) is 58.4 Å². The SMILES string of the molecule is CCCC1=Nc2nonc2NC(C)(CCC)C1. The lowest BCUT2D eigenvalue weighted by Gasteiger charge is -2.29. The maximum atomic E-state index is 4.75. The van der Waals surface area contributed by atoms with Crippen LogP contribution in [0.15, 0.2) is 9.62 Å². The molecule has 0 bridgehead atoms. The Morgan fingerprint density at radius 2 is 2.12 bits per heavy atom. The Balaban J connectivity index is 2.31. The van der Waals surface area contributed by atoms with Gasteiger partial charge in [-0.2, -0.15) is 0 Å². The van der Waals surface area contributed by atoms with Gasteiger partial charge in [0.25, 0.3) is 0 Å². The number of rotatable bonds is 4. The van der Waals surface area contributed by atoms with Crippen LogP contribution in [-0.4, -0.2) is 21.6 Å². The Bertz CT molecular complexity index is 412. The molecule has 2 rings (SSSR count). The molecule has 17 heavy (non-hydrogen) atoms. The first-order valence-electron chi connectivity index (χ1n) is 6.34. The molecule has 5 heteroatoms. The molecule has 1 aromatic rings. The van der Waals surface area contributed by atoms with Crippen LogP contribution in [0.25, 0.3) is 0 Å². The molecule has 0 saturated carbocycles. The summed E-state index contributed by atoms with van der Waals surface area (Å²) in [4.78, 5) is 4.55. The third-order valence-electron chi connectivity index (χ3n) is 3.09. The number of fused-ring (bicyclic) bond motifs is 1. The average Bonchev–Trinajstić information content (AvgIpc) is 2.60. The average molecular weight is 236 g/mol. The number of anilines is 1. The van der Waals surface area contributed by atoms with Crippen molar-refractivity contribution in [2.24, 2.45) is 4.99 Å². The number of aliphatic imine (C=N–C) groups is 1. The molecule has 0 radical (unpaired) electrons. The minimum absolute atomic E-state index is 0.00650. The number of hydrogen-bond donors (Lipinski definition) is 1. The molecule has 1 atom stereocenters. The van der Waals surface area contributed by atoms with Crippen molar-refractivity contribution in [3.63, 3.8) is 0 Å². The van der Waals surface area contributed by atoms with E-state index in [0.717, 1.165) is 32.1 Å². The number of nitrogens with one attached hydrogen (secondary N) is 1. The fourth-order valence-electron chi connectivity index (χ4n) is 2.44. The number of nitrogens with zero attached hydrogens (tertiary/aromatic N) is 3. The molecule has 0 aromatic carbocycles. The molecule has 1 aromatic heterocycles. The van der Waals surface area contributed by atoms with Crippen molar-refractivity contribution in [1.82, 2.24) is 10.3 Å². The van der Waals surface area contributed by atoms with Gasteiger partial charge in [0.1, 0.15) is 0 Å². The molecule has 1 aliphatic rings. The van der Waals surface area contributed by atoms with Gasteiger partial charge in [-0.3, -0.25) is 0 Å². The van der Waals surface area contributed by atoms with Crippen LogP contribution in [0.1, 0.15) is 52.9 Å². The van der Waals surface area contributed by atoms with Gasteiger partial charge in [-0.05, 0) is 30.1 Å². The van der Waals surface area contributed by atoms with E-state index in [9.17, 15) is 0 Å². The van der Waals surface area contributed by atoms with Gasteiger partial charge in [0.2, 0.25) is 11.6 Å². The van der Waals surface area contributed by atoms with Crippen molar-refractivity contribution >= 4 is 17.3 Å². The predicted octanol–water partition coefficient (Wildman–Crippen LogP) is 3.32. The maximum Gasteiger partial charge on any atom is 0.240 e. The Morgan fingerprint density at radius 1 is 1.29 bits per heavy atom. The quantitative estimate of drug-likeness (QED) is 0.871. The summed E-state index contributed by atoms with van der Waals surface area (Å²) < 4.78 is 4.75. The summed E-state index contributed by atoms with van der Waals surface area (Å²) in [7, 11) is 0. The molecule has 0 amide bonds. The minimum Gasteiger partial charge on any atom is -0.358 e. The zero-order chi connectivity index (χ0) is 12.3. The Kier molecular flexibility index (Phi) is 3.45. The number of aromatic nitrogens is 2. The fraction of sp³-hybridized carbons (Fsp3) is 0.750. The van der Waals surface area contributed by atoms with Gasteiger partial charge in [-0.1, -0.05) is 26.7 Å². The zero-order valence-corrected chi connectivity index (χ0v) is 10.8. The Morgan fingerprint density at radius 3 is 2.82 bits per heavy atom. The molecule has 1 aliphatic heterocycles. The van der Waals surface area contributed by atoms with E-state index in [-0.39, 0.29) is 5.54 Å². The van der Waals surface area contributed by atoms with Crippen molar-refractivity contribution in [3.8, 4) is 0 Å². The van der Waals surface area contributed by atoms with Gasteiger partial charge >= 0.3 is 0 Å². The van der Waals surface area contributed by atoms with Gasteiger partial charge in [0, 0.05) is 17.7 Å². The van der Waals surface area contributed by atoms with Crippen LogP contribution >= 0.6 is 0 Å². The second kappa shape index (κ2) is 4.85. The van der Waals surface area contributed by atoms with Crippen molar-refractivity contribution in [1.29, 1.82) is 0 Å². The second-order valence-corrected chi connectivity index (χ2v) is 4.98. The number of hydrogen-bond acceptors (Lipinski definition) is 5. The van der Waals surface area contributed by atoms with Crippen LogP contribution in [0.4, 0.5) is 11.6 Å². The first kappa shape index (κ1) is 12.1. The Hall–Kier alpha value is -1.39. The summed E-state index contributed by atoms with van der Waals surface area (Å²) in [5, 5.41) is 11.1. The van der Waals surface area contributed by atoms with Gasteiger partial charge < -0.3 is 5.32 Å². The monoisotopic (exact) mass is 236 g/mol. The molecule has 5 nitrogen and oxygen atoms in total. The van der Waals surface area contributed by atoms with E-state index >= 15 is 0 Å². The van der Waals surface area contributed by atoms with E-state index in [1.54, 1.807) is 0 Å². The fourth-order valence-corrected chi connectivity index (χ4v) is 2.44. The highest BCUT2D eigenvalue weighted by atomic mass is 16.6. The largest absolute Gasteiger partial charge is 0.358 e. The lowest BCUT2D eigenvalue weighted by Crippen LogP contribution is -2.36. The van der Waals surface area contributed by atoms with Crippen molar-refractivity contribution in [2.75, 3.05) is 5.32 Å². The molecule has 2 heterocycles. The van der Waals surface area contributed by atoms with Crippen LogP contribution < -0.4 is 5.32 Å². The first-order chi connectivity index (χ1) is 8.17. The van der Waals surface area contributed by atoms with Crippen LogP contribution in [0, 0.1) is 0 Å². The summed E-state index contributed by atoms with van der Waals surface area (Å²) in [6.07, 6.45) is 5.27. The highest BCUT2D eigenvalue weighted by molar-refractivity contribution is 5.90. The smallest absolute Gasteiger partial charge is 0.240 e. The van der Waals surface area contributed by atoms with E-state index in [0.29, 0.717) is 11.6 Å². The predicted molar refractivity (Wildman–Crippen MR) is 67.9 cm³/mol. The summed E-state index contributed by atoms with van der Waals surface area (Å²) in [5.74, 6) is 1.26. The first-order valence-corrected chi connectivity index (χ1v) is 6.34. The van der Waals surface area contributed by atoms with Crippen molar-refractivity contribution in [3.05, 3.63) is 0 Å². The lowest BCUT2D eigenvalue weighted by molar-refractivity contribution is 0.308. The summed E-state index contributed by atoms with van der Waals surface area (Å²) in [6.45, 7) is 6.57. The summed E-state index contributed by atoms with van der Waals surface area (Å²) in [5.41, 5.74) is 1.19. The van der Waals surface area contributed by atoms with Gasteiger partial charge in [0.05, 0.1) is 0 Å². The molecule has 0 spiro atoms. The lowest BCUT2D eigenvalue weighted by atomic mass is 9.89. The molecule has 1 N–H and O–H groups in total. The molecule has 1 unspecified atom stereocenters. The van der Waals surface area contributed by atoms with E-state index < -0.39 is 0 Å². The van der Waals surface area contributed by atoms with Crippen molar-refractivity contribution < 1.29 is 4.63 Å². The molecule has 0 saturated heterocycles. The molecular weight excluding hydrogens is 216 g/mol. The van der Waals surface area contributed by atoms with E-state index in [4.69, 9.17) is 4.63 Å². The topological polar surface area (TPSA) is 63.3 Å². The van der Waals surface area contributed by atoms with E-state index in [1.807, 2.05) is 0 Å².